The Morgan fingerprint density at radius 3 is 2.96 bits per heavy atom. The molecule has 2 N–H and O–H groups in total. The fraction of sp³-hybridized carbons (Fsp3) is 0.625. The minimum absolute atomic E-state index is 0.0803. The average Bonchev–Trinajstić information content (AvgIpc) is 2.52. The molecule has 2 heterocycles. The van der Waals surface area contributed by atoms with E-state index in [1.165, 1.54) is 0 Å². The Morgan fingerprint density at radius 1 is 1.61 bits per heavy atom. The van der Waals surface area contributed by atoms with Crippen molar-refractivity contribution < 1.29 is 19.4 Å². The van der Waals surface area contributed by atoms with Crippen molar-refractivity contribution in [1.82, 2.24) is 9.88 Å². The highest BCUT2D eigenvalue weighted by atomic mass is 16.5. The summed E-state index contributed by atoms with van der Waals surface area (Å²) in [5.41, 5.74) is 1.28. The van der Waals surface area contributed by atoms with Crippen LogP contribution in [0.3, 0.4) is 0 Å². The zero-order chi connectivity index (χ0) is 16.4. The van der Waals surface area contributed by atoms with Crippen LogP contribution in [-0.4, -0.2) is 59.5 Å². The minimum Gasteiger partial charge on any atom is -0.481 e. The number of carbonyl (C=O) groups is 1. The summed E-state index contributed by atoms with van der Waals surface area (Å²) in [7, 11) is 1.57. The highest BCUT2D eigenvalue weighted by Crippen LogP contribution is 2.41. The lowest BCUT2D eigenvalue weighted by atomic mass is 9.75. The number of carbonyl (C=O) groups excluding carboxylic acids is 1. The van der Waals surface area contributed by atoms with Crippen LogP contribution >= 0.6 is 0 Å². The van der Waals surface area contributed by atoms with E-state index >= 15 is 0 Å². The van der Waals surface area contributed by atoms with Crippen molar-refractivity contribution in [2.75, 3.05) is 32.2 Å². The molecule has 126 valence electrons. The fourth-order valence-electron chi connectivity index (χ4n) is 3.24. The molecule has 2 aliphatic rings. The van der Waals surface area contributed by atoms with Gasteiger partial charge in [-0.3, -0.25) is 0 Å². The van der Waals surface area contributed by atoms with E-state index in [0.717, 1.165) is 24.8 Å². The van der Waals surface area contributed by atoms with Crippen molar-refractivity contribution in [1.29, 1.82) is 0 Å². The molecule has 7 nitrogen and oxygen atoms in total. The third-order valence-corrected chi connectivity index (χ3v) is 4.75. The van der Waals surface area contributed by atoms with Gasteiger partial charge in [-0.25, -0.2) is 9.78 Å². The summed E-state index contributed by atoms with van der Waals surface area (Å²) >= 11 is 0. The summed E-state index contributed by atoms with van der Waals surface area (Å²) in [4.78, 5) is 18.7. The summed E-state index contributed by atoms with van der Waals surface area (Å²) in [6.07, 6.45) is 4.25. The van der Waals surface area contributed by atoms with E-state index in [-0.39, 0.29) is 24.3 Å². The number of nitrogens with zero attached hydrogens (tertiary/aromatic N) is 2. The number of amides is 2. The summed E-state index contributed by atoms with van der Waals surface area (Å²) in [5.74, 6) is 0.546. The quantitative estimate of drug-likeness (QED) is 0.882. The van der Waals surface area contributed by atoms with Gasteiger partial charge in [0.05, 0.1) is 50.4 Å². The summed E-state index contributed by atoms with van der Waals surface area (Å²) in [5, 5.41) is 12.2. The van der Waals surface area contributed by atoms with Crippen LogP contribution in [-0.2, 0) is 4.74 Å². The first kappa shape index (κ1) is 16.0. The van der Waals surface area contributed by atoms with Crippen LogP contribution in [0.15, 0.2) is 12.3 Å². The molecular formula is C16H23N3O4. The molecule has 1 atom stereocenters. The molecule has 1 aromatic heterocycles. The largest absolute Gasteiger partial charge is 0.481 e. The van der Waals surface area contributed by atoms with E-state index in [2.05, 4.69) is 10.3 Å². The second-order valence-corrected chi connectivity index (χ2v) is 6.28. The van der Waals surface area contributed by atoms with Crippen LogP contribution < -0.4 is 10.1 Å². The predicted octanol–water partition coefficient (Wildman–Crippen LogP) is 1.55. The van der Waals surface area contributed by atoms with Crippen molar-refractivity contribution in [2.45, 2.75) is 37.8 Å². The molecule has 1 aromatic rings. The smallest absolute Gasteiger partial charge is 0.322 e. The molecule has 2 amide bonds. The zero-order valence-electron chi connectivity index (χ0n) is 13.5. The number of methoxy groups -OCH3 is 1. The maximum absolute atomic E-state index is 12.7. The number of aliphatic hydroxyl groups excluding tert-OH is 1. The van der Waals surface area contributed by atoms with Gasteiger partial charge in [0.15, 0.2) is 0 Å². The van der Waals surface area contributed by atoms with E-state index in [1.807, 2.05) is 17.9 Å². The van der Waals surface area contributed by atoms with Gasteiger partial charge in [-0.1, -0.05) is 0 Å². The highest BCUT2D eigenvalue weighted by Gasteiger charge is 2.49. The Kier molecular flexibility index (Phi) is 4.41. The molecular weight excluding hydrogens is 298 g/mol. The van der Waals surface area contributed by atoms with Crippen molar-refractivity contribution >= 4 is 11.7 Å². The van der Waals surface area contributed by atoms with Crippen LogP contribution in [0, 0.1) is 6.92 Å². The molecule has 0 aromatic carbocycles. The van der Waals surface area contributed by atoms with Gasteiger partial charge < -0.3 is 24.8 Å². The number of aromatic nitrogens is 1. The topological polar surface area (TPSA) is 83.9 Å². The Labute approximate surface area is 135 Å². The van der Waals surface area contributed by atoms with E-state index < -0.39 is 0 Å². The maximum Gasteiger partial charge on any atom is 0.322 e. The van der Waals surface area contributed by atoms with Crippen LogP contribution in [0.25, 0.3) is 0 Å². The Morgan fingerprint density at radius 2 is 2.39 bits per heavy atom. The first-order valence-corrected chi connectivity index (χ1v) is 7.90. The molecule has 1 unspecified atom stereocenters. The number of ether oxygens (including phenoxy) is 2. The van der Waals surface area contributed by atoms with Gasteiger partial charge in [-0.15, -0.1) is 0 Å². The van der Waals surface area contributed by atoms with Crippen molar-refractivity contribution in [2.24, 2.45) is 0 Å². The summed E-state index contributed by atoms with van der Waals surface area (Å²) in [6, 6.07) is 1.67. The number of rotatable bonds is 3. The number of nitrogens with one attached hydrogen (secondary N) is 1. The van der Waals surface area contributed by atoms with E-state index in [0.29, 0.717) is 24.7 Å². The number of anilines is 1. The maximum atomic E-state index is 12.7. The summed E-state index contributed by atoms with van der Waals surface area (Å²) < 4.78 is 10.8. The van der Waals surface area contributed by atoms with Gasteiger partial charge >= 0.3 is 6.03 Å². The average molecular weight is 321 g/mol. The molecule has 7 heteroatoms. The SMILES string of the molecule is COc1ncc(NC(=O)N2CC(CO)OCC23CCC3)cc1C. The molecule has 1 spiro atoms. The Hall–Kier alpha value is -1.86. The number of aryl methyl sites for hydroxylation is 1. The van der Waals surface area contributed by atoms with Gasteiger partial charge in [0, 0.05) is 5.56 Å². The van der Waals surface area contributed by atoms with E-state index in [4.69, 9.17) is 9.47 Å². The molecule has 1 aliphatic heterocycles. The standard InChI is InChI=1S/C16H23N3O4/c1-11-6-12(7-17-14(11)22-2)18-15(21)19-8-13(9-20)23-10-16(19)4-3-5-16/h6-7,13,20H,3-5,8-10H2,1-2H3,(H,18,21). The van der Waals surface area contributed by atoms with Crippen LogP contribution in [0.2, 0.25) is 0 Å². The second-order valence-electron chi connectivity index (χ2n) is 6.28. The molecule has 23 heavy (non-hydrogen) atoms. The zero-order valence-corrected chi connectivity index (χ0v) is 13.5. The number of urea groups is 1. The first-order chi connectivity index (χ1) is 11.1. The lowest BCUT2D eigenvalue weighted by Gasteiger charge is -2.54. The fourth-order valence-corrected chi connectivity index (χ4v) is 3.24. The Balaban J connectivity index is 1.74. The van der Waals surface area contributed by atoms with Crippen molar-refractivity contribution in [3.8, 4) is 5.88 Å². The molecule has 3 rings (SSSR count). The number of hydrogen-bond acceptors (Lipinski definition) is 5. The van der Waals surface area contributed by atoms with Crippen molar-refractivity contribution in [3.05, 3.63) is 17.8 Å². The third-order valence-electron chi connectivity index (χ3n) is 4.75. The van der Waals surface area contributed by atoms with Crippen LogP contribution in [0.4, 0.5) is 10.5 Å². The molecule has 2 fully saturated rings. The van der Waals surface area contributed by atoms with Gasteiger partial charge in [-0.2, -0.15) is 0 Å². The second kappa shape index (κ2) is 6.33. The number of morpholine rings is 1. The minimum atomic E-state index is -0.317. The van der Waals surface area contributed by atoms with E-state index in [1.54, 1.807) is 13.3 Å². The summed E-state index contributed by atoms with van der Waals surface area (Å²) in [6.45, 7) is 2.70. The van der Waals surface area contributed by atoms with Crippen LogP contribution in [0.5, 0.6) is 5.88 Å². The van der Waals surface area contributed by atoms with Crippen LogP contribution in [0.1, 0.15) is 24.8 Å². The third kappa shape index (κ3) is 2.98. The molecule has 1 saturated carbocycles. The predicted molar refractivity (Wildman–Crippen MR) is 84.7 cm³/mol. The normalized spacial score (nSPS) is 22.6. The van der Waals surface area contributed by atoms with Gasteiger partial charge in [0.1, 0.15) is 0 Å². The number of hydrogen-bond donors (Lipinski definition) is 2. The van der Waals surface area contributed by atoms with Gasteiger partial charge in [0.25, 0.3) is 0 Å². The molecule has 0 bridgehead atoms. The number of aliphatic hydroxyl groups is 1. The molecule has 0 radical (unpaired) electrons. The molecule has 1 aliphatic carbocycles. The molecule has 1 saturated heterocycles. The first-order valence-electron chi connectivity index (χ1n) is 7.90. The van der Waals surface area contributed by atoms with Gasteiger partial charge in [-0.05, 0) is 32.3 Å². The van der Waals surface area contributed by atoms with Crippen molar-refractivity contribution in [3.63, 3.8) is 0 Å². The van der Waals surface area contributed by atoms with Gasteiger partial charge in [0.2, 0.25) is 5.88 Å². The lowest BCUT2D eigenvalue weighted by Crippen LogP contribution is -2.66. The lowest BCUT2D eigenvalue weighted by molar-refractivity contribution is -0.131. The Bertz CT molecular complexity index is 589. The monoisotopic (exact) mass is 321 g/mol. The number of pyridine rings is 1. The highest BCUT2D eigenvalue weighted by molar-refractivity contribution is 5.90. The van der Waals surface area contributed by atoms with E-state index in [9.17, 15) is 9.90 Å².